The van der Waals surface area contributed by atoms with E-state index in [9.17, 15) is 0 Å². The lowest BCUT2D eigenvalue weighted by molar-refractivity contribution is 0.610. The lowest BCUT2D eigenvalue weighted by atomic mass is 9.88. The van der Waals surface area contributed by atoms with Crippen molar-refractivity contribution in [2.75, 3.05) is 5.32 Å². The fourth-order valence-electron chi connectivity index (χ4n) is 2.35. The van der Waals surface area contributed by atoms with E-state index in [4.69, 9.17) is 0 Å². The summed E-state index contributed by atoms with van der Waals surface area (Å²) in [6.45, 7) is 1.93. The molecule has 3 nitrogen and oxygen atoms in total. The minimum atomic E-state index is 0.497. The van der Waals surface area contributed by atoms with Crippen LogP contribution in [0.4, 0.5) is 5.13 Å². The average molecular weight is 245 g/mol. The minimum Gasteiger partial charge on any atom is -0.357 e. The van der Waals surface area contributed by atoms with Gasteiger partial charge in [0.1, 0.15) is 5.82 Å². The van der Waals surface area contributed by atoms with Gasteiger partial charge < -0.3 is 5.32 Å². The summed E-state index contributed by atoms with van der Waals surface area (Å²) in [5.74, 6) is 0.855. The molecule has 1 aromatic carbocycles. The number of anilines is 1. The van der Waals surface area contributed by atoms with Gasteiger partial charge >= 0.3 is 0 Å². The van der Waals surface area contributed by atoms with E-state index < -0.39 is 0 Å². The van der Waals surface area contributed by atoms with Crippen molar-refractivity contribution in [3.8, 4) is 0 Å². The first-order valence-electron chi connectivity index (χ1n) is 5.95. The molecule has 0 bridgehead atoms. The van der Waals surface area contributed by atoms with Gasteiger partial charge in [-0.1, -0.05) is 24.3 Å². The number of aromatic nitrogens is 2. The number of nitrogens with zero attached hydrogens (tertiary/aromatic N) is 2. The fraction of sp³-hybridized carbons (Fsp3) is 0.385. The van der Waals surface area contributed by atoms with Gasteiger partial charge in [0.2, 0.25) is 5.13 Å². The van der Waals surface area contributed by atoms with Crippen LogP contribution in [0.1, 0.15) is 23.4 Å². The van der Waals surface area contributed by atoms with E-state index in [0.717, 1.165) is 23.8 Å². The van der Waals surface area contributed by atoms with Crippen molar-refractivity contribution in [1.82, 2.24) is 9.36 Å². The molecule has 1 N–H and O–H groups in total. The summed E-state index contributed by atoms with van der Waals surface area (Å²) in [5, 5.41) is 4.44. The van der Waals surface area contributed by atoms with Crippen LogP contribution in [-0.4, -0.2) is 15.4 Å². The van der Waals surface area contributed by atoms with Gasteiger partial charge in [-0.25, -0.2) is 4.98 Å². The average Bonchev–Trinajstić information content (AvgIpc) is 2.75. The molecule has 1 aliphatic carbocycles. The molecule has 0 saturated heterocycles. The van der Waals surface area contributed by atoms with E-state index in [1.54, 1.807) is 0 Å². The first-order chi connectivity index (χ1) is 8.31. The van der Waals surface area contributed by atoms with Gasteiger partial charge in [0.15, 0.2) is 0 Å². The Morgan fingerprint density at radius 3 is 2.88 bits per heavy atom. The van der Waals surface area contributed by atoms with Crippen LogP contribution >= 0.6 is 11.5 Å². The number of aryl methyl sites for hydroxylation is 2. The van der Waals surface area contributed by atoms with Crippen LogP contribution in [0, 0.1) is 6.92 Å². The highest BCUT2D eigenvalue weighted by molar-refractivity contribution is 7.09. The zero-order chi connectivity index (χ0) is 11.7. The second kappa shape index (κ2) is 4.45. The molecular formula is C13H15N3S. The van der Waals surface area contributed by atoms with Crippen molar-refractivity contribution < 1.29 is 0 Å². The highest BCUT2D eigenvalue weighted by atomic mass is 32.1. The predicted molar refractivity (Wildman–Crippen MR) is 70.5 cm³/mol. The van der Waals surface area contributed by atoms with E-state index in [1.807, 2.05) is 6.92 Å². The fourth-order valence-corrected chi connectivity index (χ4v) is 3.00. The normalized spacial score (nSPS) is 18.8. The largest absolute Gasteiger partial charge is 0.357 e. The van der Waals surface area contributed by atoms with Crippen LogP contribution < -0.4 is 5.32 Å². The summed E-state index contributed by atoms with van der Waals surface area (Å²) in [6, 6.07) is 9.21. The van der Waals surface area contributed by atoms with E-state index in [1.165, 1.54) is 29.1 Å². The summed E-state index contributed by atoms with van der Waals surface area (Å²) in [6.07, 6.45) is 3.43. The second-order valence-electron chi connectivity index (χ2n) is 4.50. The smallest absolute Gasteiger partial charge is 0.202 e. The predicted octanol–water partition coefficient (Wildman–Crippen LogP) is 2.82. The van der Waals surface area contributed by atoms with Crippen molar-refractivity contribution in [3.63, 3.8) is 0 Å². The molecule has 1 heterocycles. The van der Waals surface area contributed by atoms with E-state index in [0.29, 0.717) is 6.04 Å². The molecule has 0 aliphatic heterocycles. The molecule has 1 aliphatic rings. The molecule has 2 aromatic rings. The zero-order valence-corrected chi connectivity index (χ0v) is 10.6. The maximum atomic E-state index is 4.36. The molecule has 0 fully saturated rings. The Morgan fingerprint density at radius 1 is 1.29 bits per heavy atom. The molecule has 88 valence electrons. The Hall–Kier alpha value is -1.42. The molecule has 0 radical (unpaired) electrons. The van der Waals surface area contributed by atoms with Crippen molar-refractivity contribution in [2.45, 2.75) is 32.2 Å². The first-order valence-corrected chi connectivity index (χ1v) is 6.72. The van der Waals surface area contributed by atoms with Crippen LogP contribution in [-0.2, 0) is 12.8 Å². The van der Waals surface area contributed by atoms with E-state index in [-0.39, 0.29) is 0 Å². The van der Waals surface area contributed by atoms with Crippen molar-refractivity contribution in [1.29, 1.82) is 0 Å². The van der Waals surface area contributed by atoms with Crippen LogP contribution in [0.25, 0.3) is 0 Å². The Balaban J connectivity index is 1.72. The molecule has 1 aromatic heterocycles. The quantitative estimate of drug-likeness (QED) is 0.884. The Labute approximate surface area is 105 Å². The summed E-state index contributed by atoms with van der Waals surface area (Å²) in [4.78, 5) is 4.36. The third-order valence-electron chi connectivity index (χ3n) is 3.20. The number of benzene rings is 1. The molecule has 4 heteroatoms. The maximum Gasteiger partial charge on any atom is 0.202 e. The molecule has 17 heavy (non-hydrogen) atoms. The van der Waals surface area contributed by atoms with E-state index in [2.05, 4.69) is 38.9 Å². The maximum absolute atomic E-state index is 4.36. The highest BCUT2D eigenvalue weighted by Crippen LogP contribution is 2.24. The number of fused-ring (bicyclic) bond motifs is 1. The van der Waals surface area contributed by atoms with Crippen LogP contribution in [0.3, 0.4) is 0 Å². The van der Waals surface area contributed by atoms with Gasteiger partial charge in [0, 0.05) is 17.6 Å². The summed E-state index contributed by atoms with van der Waals surface area (Å²) >= 11 is 1.45. The third kappa shape index (κ3) is 2.31. The summed E-state index contributed by atoms with van der Waals surface area (Å²) in [5.41, 5.74) is 2.97. The highest BCUT2D eigenvalue weighted by Gasteiger charge is 2.18. The second-order valence-corrected chi connectivity index (χ2v) is 5.25. The van der Waals surface area contributed by atoms with Crippen LogP contribution in [0.2, 0.25) is 0 Å². The lowest BCUT2D eigenvalue weighted by Gasteiger charge is -2.24. The van der Waals surface area contributed by atoms with Crippen molar-refractivity contribution in [2.24, 2.45) is 0 Å². The molecule has 1 atom stereocenters. The Morgan fingerprint density at radius 2 is 2.12 bits per heavy atom. The van der Waals surface area contributed by atoms with Crippen LogP contribution in [0.5, 0.6) is 0 Å². The van der Waals surface area contributed by atoms with Gasteiger partial charge in [0.25, 0.3) is 0 Å². The van der Waals surface area contributed by atoms with Gasteiger partial charge in [-0.15, -0.1) is 0 Å². The molecule has 3 rings (SSSR count). The molecule has 0 saturated carbocycles. The van der Waals surface area contributed by atoms with Crippen molar-refractivity contribution >= 4 is 16.7 Å². The first kappa shape index (κ1) is 10.7. The van der Waals surface area contributed by atoms with Gasteiger partial charge in [-0.3, -0.25) is 0 Å². The number of hydrogen-bond donors (Lipinski definition) is 1. The third-order valence-corrected chi connectivity index (χ3v) is 3.94. The van der Waals surface area contributed by atoms with Gasteiger partial charge in [-0.05, 0) is 37.3 Å². The molecule has 0 amide bonds. The zero-order valence-electron chi connectivity index (χ0n) is 9.81. The monoisotopic (exact) mass is 245 g/mol. The van der Waals surface area contributed by atoms with E-state index >= 15 is 0 Å². The summed E-state index contributed by atoms with van der Waals surface area (Å²) < 4.78 is 4.19. The SMILES string of the molecule is Cc1nsc(NC2CCc3ccccc3C2)n1. The lowest BCUT2D eigenvalue weighted by Crippen LogP contribution is -2.27. The molecule has 0 spiro atoms. The molecule has 1 unspecified atom stereocenters. The topological polar surface area (TPSA) is 37.8 Å². The Bertz CT molecular complexity index is 521. The number of nitrogens with one attached hydrogen (secondary N) is 1. The van der Waals surface area contributed by atoms with Crippen LogP contribution in [0.15, 0.2) is 24.3 Å². The minimum absolute atomic E-state index is 0.497. The summed E-state index contributed by atoms with van der Waals surface area (Å²) in [7, 11) is 0. The van der Waals surface area contributed by atoms with Gasteiger partial charge in [0.05, 0.1) is 0 Å². The van der Waals surface area contributed by atoms with Crippen molar-refractivity contribution in [3.05, 3.63) is 41.2 Å². The number of rotatable bonds is 2. The Kier molecular flexibility index (Phi) is 2.81. The number of hydrogen-bond acceptors (Lipinski definition) is 4. The molecular weight excluding hydrogens is 230 g/mol. The van der Waals surface area contributed by atoms with Gasteiger partial charge in [-0.2, -0.15) is 4.37 Å². The standard InChI is InChI=1S/C13H15N3S/c1-9-14-13(17-16-9)15-12-7-6-10-4-2-3-5-11(10)8-12/h2-5,12H,6-8H2,1H3,(H,14,15,16).